The number of hydrogen-bond acceptors (Lipinski definition) is 4. The van der Waals surface area contributed by atoms with E-state index < -0.39 is 5.72 Å². The summed E-state index contributed by atoms with van der Waals surface area (Å²) in [5.74, 6) is 1.60. The number of nitrogens with one attached hydrogen (secondary N) is 1. The molecule has 2 aliphatic rings. The molecule has 0 unspecified atom stereocenters. The predicted molar refractivity (Wildman–Crippen MR) is 103 cm³/mol. The highest BCUT2D eigenvalue weighted by atomic mass is 35.5. The summed E-state index contributed by atoms with van der Waals surface area (Å²) in [6.45, 7) is 1.87. The number of amides is 2. The molecule has 2 atom stereocenters. The molecule has 0 aliphatic carbocycles. The molecule has 2 aromatic rings. The molecule has 142 valence electrons. The minimum atomic E-state index is -0.918. The van der Waals surface area contributed by atoms with E-state index in [1.54, 1.807) is 18.2 Å². The number of fused-ring (bicyclic) bond motifs is 4. The lowest BCUT2D eigenvalue weighted by molar-refractivity contribution is 0.0375. The van der Waals surface area contributed by atoms with Gasteiger partial charge in [-0.05, 0) is 31.2 Å². The van der Waals surface area contributed by atoms with Gasteiger partial charge in [0.1, 0.15) is 17.2 Å². The Bertz CT molecular complexity index is 936. The van der Waals surface area contributed by atoms with Crippen LogP contribution in [-0.4, -0.2) is 26.0 Å². The SMILES string of the molecule is COc1cc(OC)c(N2C(=O)N[C@H]3C[C@@]2(C)Oc2ccc(Cl)cc23)cc1Cl. The molecule has 2 heterocycles. The summed E-state index contributed by atoms with van der Waals surface area (Å²) in [5.41, 5.74) is 0.450. The van der Waals surface area contributed by atoms with Crippen molar-refractivity contribution < 1.29 is 19.0 Å². The lowest BCUT2D eigenvalue weighted by Gasteiger charge is -2.50. The van der Waals surface area contributed by atoms with Gasteiger partial charge in [-0.25, -0.2) is 4.79 Å². The van der Waals surface area contributed by atoms with Crippen LogP contribution < -0.4 is 24.4 Å². The van der Waals surface area contributed by atoms with Gasteiger partial charge in [0.25, 0.3) is 0 Å². The number of ether oxygens (including phenoxy) is 3. The molecule has 1 fully saturated rings. The van der Waals surface area contributed by atoms with Gasteiger partial charge in [-0.3, -0.25) is 4.90 Å². The molecular formula is C19H18Cl2N2O4. The number of carbonyl (C=O) groups is 1. The number of urea groups is 1. The Morgan fingerprint density at radius 1 is 1.19 bits per heavy atom. The highest BCUT2D eigenvalue weighted by Gasteiger charge is 2.50. The highest BCUT2D eigenvalue weighted by molar-refractivity contribution is 6.32. The van der Waals surface area contributed by atoms with Crippen molar-refractivity contribution >= 4 is 34.9 Å². The fraction of sp³-hybridized carbons (Fsp3) is 0.316. The van der Waals surface area contributed by atoms with Crippen molar-refractivity contribution in [2.75, 3.05) is 19.1 Å². The average Bonchev–Trinajstić information content (AvgIpc) is 2.62. The number of benzene rings is 2. The van der Waals surface area contributed by atoms with Crippen molar-refractivity contribution in [1.82, 2.24) is 5.32 Å². The molecule has 0 radical (unpaired) electrons. The van der Waals surface area contributed by atoms with Crippen molar-refractivity contribution in [3.8, 4) is 17.2 Å². The van der Waals surface area contributed by atoms with Crippen LogP contribution in [-0.2, 0) is 0 Å². The van der Waals surface area contributed by atoms with Crippen LogP contribution in [0.1, 0.15) is 24.9 Å². The van der Waals surface area contributed by atoms with E-state index in [1.807, 2.05) is 19.1 Å². The van der Waals surface area contributed by atoms with Crippen molar-refractivity contribution in [1.29, 1.82) is 0 Å². The number of nitrogens with zero attached hydrogens (tertiary/aromatic N) is 1. The maximum absolute atomic E-state index is 13.0. The highest BCUT2D eigenvalue weighted by Crippen LogP contribution is 2.49. The number of methoxy groups -OCH3 is 2. The molecule has 8 heteroatoms. The minimum Gasteiger partial charge on any atom is -0.495 e. The standard InChI is InChI=1S/C19H18Cl2N2O4/c1-19-9-13(11-6-10(20)4-5-15(11)27-19)22-18(24)23(19)14-7-12(21)16(25-2)8-17(14)26-3/h4-8,13H,9H2,1-3H3,(H,22,24)/t13-,19+/m0/s1. The van der Waals surface area contributed by atoms with Crippen LogP contribution in [0.15, 0.2) is 30.3 Å². The summed E-state index contributed by atoms with van der Waals surface area (Å²) in [7, 11) is 3.05. The number of halogens is 2. The van der Waals surface area contributed by atoms with E-state index in [4.69, 9.17) is 37.4 Å². The first-order valence-electron chi connectivity index (χ1n) is 8.37. The molecule has 0 saturated carbocycles. The van der Waals surface area contributed by atoms with Crippen LogP contribution in [0.4, 0.5) is 10.5 Å². The first-order valence-corrected chi connectivity index (χ1v) is 9.12. The van der Waals surface area contributed by atoms with E-state index in [9.17, 15) is 4.79 Å². The summed E-state index contributed by atoms with van der Waals surface area (Å²) >= 11 is 12.4. The zero-order valence-electron chi connectivity index (χ0n) is 15.0. The maximum Gasteiger partial charge on any atom is 0.325 e. The minimum absolute atomic E-state index is 0.194. The molecule has 1 N–H and O–H groups in total. The van der Waals surface area contributed by atoms with Crippen LogP contribution in [0.3, 0.4) is 0 Å². The second-order valence-corrected chi connectivity index (χ2v) is 7.50. The van der Waals surface area contributed by atoms with Gasteiger partial charge in [0.05, 0.1) is 31.0 Å². The van der Waals surface area contributed by atoms with Crippen molar-refractivity contribution in [2.45, 2.75) is 25.1 Å². The summed E-state index contributed by atoms with van der Waals surface area (Å²) in [5, 5.41) is 3.99. The molecule has 27 heavy (non-hydrogen) atoms. The number of carbonyl (C=O) groups excluding carboxylic acids is 1. The second-order valence-electron chi connectivity index (χ2n) is 6.66. The topological polar surface area (TPSA) is 60.0 Å². The molecular weight excluding hydrogens is 391 g/mol. The van der Waals surface area contributed by atoms with Crippen LogP contribution in [0.2, 0.25) is 10.0 Å². The van der Waals surface area contributed by atoms with Gasteiger partial charge in [-0.1, -0.05) is 23.2 Å². The Kier molecular flexibility index (Phi) is 4.28. The van der Waals surface area contributed by atoms with Crippen LogP contribution in [0, 0.1) is 0 Å². The third kappa shape index (κ3) is 2.84. The lowest BCUT2D eigenvalue weighted by atomic mass is 9.90. The Hall–Kier alpha value is -2.31. The van der Waals surface area contributed by atoms with Crippen LogP contribution in [0.25, 0.3) is 0 Å². The summed E-state index contributed by atoms with van der Waals surface area (Å²) in [4.78, 5) is 14.5. The van der Waals surface area contributed by atoms with Crippen molar-refractivity contribution in [2.24, 2.45) is 0 Å². The zero-order chi connectivity index (χ0) is 19.3. The fourth-order valence-corrected chi connectivity index (χ4v) is 4.14. The van der Waals surface area contributed by atoms with E-state index in [-0.39, 0.29) is 12.1 Å². The van der Waals surface area contributed by atoms with Crippen LogP contribution in [0.5, 0.6) is 17.2 Å². The van der Waals surface area contributed by atoms with E-state index >= 15 is 0 Å². The van der Waals surface area contributed by atoms with Gasteiger partial charge in [-0.2, -0.15) is 0 Å². The first kappa shape index (κ1) is 18.1. The lowest BCUT2D eigenvalue weighted by Crippen LogP contribution is -2.65. The number of anilines is 1. The molecule has 2 amide bonds. The van der Waals surface area contributed by atoms with Crippen molar-refractivity contribution in [3.63, 3.8) is 0 Å². The monoisotopic (exact) mass is 408 g/mol. The van der Waals surface area contributed by atoms with E-state index in [1.165, 1.54) is 19.1 Å². The predicted octanol–water partition coefficient (Wildman–Crippen LogP) is 4.78. The van der Waals surface area contributed by atoms with Gasteiger partial charge in [-0.15, -0.1) is 0 Å². The average molecular weight is 409 g/mol. The van der Waals surface area contributed by atoms with Crippen molar-refractivity contribution in [3.05, 3.63) is 45.9 Å². The Morgan fingerprint density at radius 3 is 2.63 bits per heavy atom. The van der Waals surface area contributed by atoms with Crippen LogP contribution >= 0.6 is 23.2 Å². The van der Waals surface area contributed by atoms with E-state index in [0.29, 0.717) is 39.4 Å². The zero-order valence-corrected chi connectivity index (χ0v) is 16.5. The largest absolute Gasteiger partial charge is 0.495 e. The third-order valence-electron chi connectivity index (χ3n) is 4.93. The summed E-state index contributed by atoms with van der Waals surface area (Å²) < 4.78 is 17.0. The third-order valence-corrected chi connectivity index (χ3v) is 5.46. The van der Waals surface area contributed by atoms with Gasteiger partial charge in [0.2, 0.25) is 0 Å². The Balaban J connectivity index is 1.83. The van der Waals surface area contributed by atoms with E-state index in [2.05, 4.69) is 5.32 Å². The van der Waals surface area contributed by atoms with Gasteiger partial charge < -0.3 is 19.5 Å². The summed E-state index contributed by atoms with van der Waals surface area (Å²) in [6.07, 6.45) is 0.541. The Labute approximate surface area is 166 Å². The van der Waals surface area contributed by atoms with Gasteiger partial charge in [0, 0.05) is 23.1 Å². The van der Waals surface area contributed by atoms with E-state index in [0.717, 1.165) is 5.56 Å². The van der Waals surface area contributed by atoms with Gasteiger partial charge >= 0.3 is 6.03 Å². The summed E-state index contributed by atoms with van der Waals surface area (Å²) in [6, 6.07) is 8.20. The number of rotatable bonds is 3. The molecule has 1 saturated heterocycles. The molecule has 2 aromatic carbocycles. The molecule has 0 spiro atoms. The molecule has 2 aliphatic heterocycles. The normalized spacial score (nSPS) is 23.2. The molecule has 2 bridgehead atoms. The number of hydrogen-bond donors (Lipinski definition) is 1. The quantitative estimate of drug-likeness (QED) is 0.793. The molecule has 0 aromatic heterocycles. The fourth-order valence-electron chi connectivity index (χ4n) is 3.73. The maximum atomic E-state index is 13.0. The smallest absolute Gasteiger partial charge is 0.325 e. The Morgan fingerprint density at radius 2 is 1.93 bits per heavy atom. The first-order chi connectivity index (χ1) is 12.9. The second kappa shape index (κ2) is 6.39. The van der Waals surface area contributed by atoms with Gasteiger partial charge in [0.15, 0.2) is 5.72 Å². The molecule has 4 rings (SSSR count). The molecule has 6 nitrogen and oxygen atoms in total.